The number of azide groups is 1. The Labute approximate surface area is 197 Å². The van der Waals surface area contributed by atoms with Gasteiger partial charge in [0, 0.05) is 42.2 Å². The largest absolute Gasteiger partial charge is 0.494 e. The summed E-state index contributed by atoms with van der Waals surface area (Å²) in [6.07, 6.45) is 3.10. The van der Waals surface area contributed by atoms with Crippen molar-refractivity contribution in [2.75, 3.05) is 26.4 Å². The summed E-state index contributed by atoms with van der Waals surface area (Å²) in [5.74, 6) is 1.33. The minimum atomic E-state index is -1.22. The number of nitrogens with zero attached hydrogens (tertiary/aromatic N) is 4. The average Bonchev–Trinajstić information content (AvgIpc) is 3.58. The highest BCUT2D eigenvalue weighted by molar-refractivity contribution is 6.00. The van der Waals surface area contributed by atoms with Crippen molar-refractivity contribution < 1.29 is 19.4 Å². The fourth-order valence-electron chi connectivity index (χ4n) is 3.67. The molecule has 2 aromatic rings. The lowest BCUT2D eigenvalue weighted by molar-refractivity contribution is -0.127. The highest BCUT2D eigenvalue weighted by Gasteiger charge is 2.45. The topological polar surface area (TPSA) is 141 Å². The van der Waals surface area contributed by atoms with Crippen LogP contribution in [-0.2, 0) is 16.0 Å². The zero-order valence-corrected chi connectivity index (χ0v) is 18.8. The molecular weight excluding hydrogens is 436 g/mol. The number of rotatable bonds is 12. The standard InChI is InChI=1S/C24H28N6O4/c25-30-28-21-5-2-1-4-19(21)14-24(23(32)29-26-15-17-6-7-17)16-34-22(27-24)18-8-10-20(11-9-18)33-13-3-12-31/h1-2,4-5,8-11,17,26,31H,3,6-7,12-16H2,(H,29,32)/t24-/m0/s1. The number of amides is 1. The van der Waals surface area contributed by atoms with Crippen LogP contribution in [0.2, 0.25) is 0 Å². The Morgan fingerprint density at radius 1 is 1.26 bits per heavy atom. The van der Waals surface area contributed by atoms with Crippen molar-refractivity contribution >= 4 is 17.5 Å². The van der Waals surface area contributed by atoms with E-state index < -0.39 is 5.54 Å². The Balaban J connectivity index is 1.56. The number of ether oxygens (including phenoxy) is 2. The van der Waals surface area contributed by atoms with E-state index in [-0.39, 0.29) is 25.5 Å². The maximum absolute atomic E-state index is 13.3. The van der Waals surface area contributed by atoms with Crippen LogP contribution in [0.1, 0.15) is 30.4 Å². The molecule has 1 aliphatic carbocycles. The number of carbonyl (C=O) groups is 1. The van der Waals surface area contributed by atoms with Gasteiger partial charge in [-0.15, -0.1) is 0 Å². The molecule has 10 nitrogen and oxygen atoms in total. The van der Waals surface area contributed by atoms with Crippen LogP contribution in [0.4, 0.5) is 5.69 Å². The van der Waals surface area contributed by atoms with Gasteiger partial charge in [-0.05, 0) is 54.1 Å². The van der Waals surface area contributed by atoms with Gasteiger partial charge in [-0.25, -0.2) is 10.4 Å². The molecule has 0 aromatic heterocycles. The Morgan fingerprint density at radius 3 is 2.79 bits per heavy atom. The number of carbonyl (C=O) groups excluding carboxylic acids is 1. The number of aliphatic hydroxyl groups excluding tert-OH is 1. The Kier molecular flexibility index (Phi) is 7.64. The van der Waals surface area contributed by atoms with Crippen molar-refractivity contribution in [2.45, 2.75) is 31.2 Å². The van der Waals surface area contributed by atoms with Gasteiger partial charge in [0.2, 0.25) is 5.90 Å². The normalized spacial score (nSPS) is 19.0. The van der Waals surface area contributed by atoms with Crippen molar-refractivity contribution in [2.24, 2.45) is 16.0 Å². The lowest BCUT2D eigenvalue weighted by Gasteiger charge is -2.24. The Morgan fingerprint density at radius 2 is 2.06 bits per heavy atom. The molecule has 0 bridgehead atoms. The monoisotopic (exact) mass is 464 g/mol. The molecular formula is C24H28N6O4. The maximum atomic E-state index is 13.3. The van der Waals surface area contributed by atoms with Crippen LogP contribution < -0.4 is 15.6 Å². The Hall–Kier alpha value is -3.59. The van der Waals surface area contributed by atoms with E-state index in [1.54, 1.807) is 24.3 Å². The van der Waals surface area contributed by atoms with Gasteiger partial charge in [-0.2, -0.15) is 0 Å². The summed E-state index contributed by atoms with van der Waals surface area (Å²) in [5, 5.41) is 12.7. The molecule has 2 aromatic carbocycles. The molecule has 4 rings (SSSR count). The van der Waals surface area contributed by atoms with E-state index in [0.29, 0.717) is 48.4 Å². The summed E-state index contributed by atoms with van der Waals surface area (Å²) in [4.78, 5) is 21.0. The van der Waals surface area contributed by atoms with Crippen molar-refractivity contribution in [1.82, 2.24) is 10.9 Å². The van der Waals surface area contributed by atoms with E-state index in [4.69, 9.17) is 25.1 Å². The summed E-state index contributed by atoms with van der Waals surface area (Å²) >= 11 is 0. The van der Waals surface area contributed by atoms with Crippen molar-refractivity contribution in [3.8, 4) is 5.75 Å². The van der Waals surface area contributed by atoms with Gasteiger partial charge in [-0.3, -0.25) is 10.2 Å². The number of aliphatic hydroxyl groups is 1. The van der Waals surface area contributed by atoms with Crippen LogP contribution in [-0.4, -0.2) is 48.8 Å². The first kappa shape index (κ1) is 23.6. The van der Waals surface area contributed by atoms with Crippen LogP contribution >= 0.6 is 0 Å². The van der Waals surface area contributed by atoms with Crippen LogP contribution in [0.25, 0.3) is 10.4 Å². The lowest BCUT2D eigenvalue weighted by Crippen LogP contribution is -2.53. The smallest absolute Gasteiger partial charge is 0.266 e. The van der Waals surface area contributed by atoms with E-state index in [9.17, 15) is 4.79 Å². The number of hydrazine groups is 1. The molecule has 10 heteroatoms. The summed E-state index contributed by atoms with van der Waals surface area (Å²) < 4.78 is 11.5. The quantitative estimate of drug-likeness (QED) is 0.145. The molecule has 1 atom stereocenters. The van der Waals surface area contributed by atoms with Gasteiger partial charge >= 0.3 is 0 Å². The maximum Gasteiger partial charge on any atom is 0.266 e. The number of hydrogen-bond acceptors (Lipinski definition) is 7. The SMILES string of the molecule is [N-]=[N+]=Nc1ccccc1C[C@@]1(C(=O)NNCC2CC2)COC(c2ccc(OCCCO)cc2)=N1. The van der Waals surface area contributed by atoms with Gasteiger partial charge in [0.25, 0.3) is 5.91 Å². The highest BCUT2D eigenvalue weighted by Crippen LogP contribution is 2.31. The van der Waals surface area contributed by atoms with Crippen molar-refractivity contribution in [3.63, 3.8) is 0 Å². The second-order valence-electron chi connectivity index (χ2n) is 8.46. The molecule has 0 radical (unpaired) electrons. The fraction of sp³-hybridized carbons (Fsp3) is 0.417. The molecule has 0 unspecified atom stereocenters. The van der Waals surface area contributed by atoms with Crippen LogP contribution in [0, 0.1) is 5.92 Å². The molecule has 3 N–H and O–H groups in total. The number of nitrogens with one attached hydrogen (secondary N) is 2. The predicted molar refractivity (Wildman–Crippen MR) is 127 cm³/mol. The van der Waals surface area contributed by atoms with Crippen molar-refractivity contribution in [1.29, 1.82) is 0 Å². The van der Waals surface area contributed by atoms with Gasteiger partial charge in [0.05, 0.1) is 6.61 Å². The summed E-state index contributed by atoms with van der Waals surface area (Å²) in [6.45, 7) is 1.27. The van der Waals surface area contributed by atoms with Crippen molar-refractivity contribution in [3.05, 3.63) is 70.1 Å². The van der Waals surface area contributed by atoms with E-state index in [1.165, 1.54) is 12.8 Å². The minimum absolute atomic E-state index is 0.0542. The summed E-state index contributed by atoms with van der Waals surface area (Å²) in [7, 11) is 0. The van der Waals surface area contributed by atoms with Gasteiger partial charge in [0.1, 0.15) is 12.4 Å². The molecule has 2 aliphatic rings. The van der Waals surface area contributed by atoms with Crippen LogP contribution in [0.3, 0.4) is 0 Å². The third kappa shape index (κ3) is 5.85. The minimum Gasteiger partial charge on any atom is -0.494 e. The first-order valence-corrected chi connectivity index (χ1v) is 11.4. The second kappa shape index (κ2) is 11.0. The zero-order chi connectivity index (χ0) is 23.8. The lowest BCUT2D eigenvalue weighted by atomic mass is 9.91. The molecule has 1 aliphatic heterocycles. The van der Waals surface area contributed by atoms with E-state index in [2.05, 4.69) is 20.9 Å². The fourth-order valence-corrected chi connectivity index (χ4v) is 3.67. The van der Waals surface area contributed by atoms with Gasteiger partial charge in [0.15, 0.2) is 5.54 Å². The summed E-state index contributed by atoms with van der Waals surface area (Å²) in [6, 6.07) is 14.4. The molecule has 1 fully saturated rings. The Bertz CT molecular complexity index is 1080. The van der Waals surface area contributed by atoms with Gasteiger partial charge < -0.3 is 14.6 Å². The second-order valence-corrected chi connectivity index (χ2v) is 8.46. The molecule has 1 amide bonds. The molecule has 0 spiro atoms. The third-order valence-electron chi connectivity index (χ3n) is 5.77. The number of hydrogen-bond donors (Lipinski definition) is 3. The third-order valence-corrected chi connectivity index (χ3v) is 5.77. The van der Waals surface area contributed by atoms with E-state index in [0.717, 1.165) is 5.56 Å². The predicted octanol–water partition coefficient (Wildman–Crippen LogP) is 3.18. The zero-order valence-electron chi connectivity index (χ0n) is 18.8. The first-order chi connectivity index (χ1) is 16.6. The molecule has 178 valence electrons. The molecule has 1 heterocycles. The molecule has 1 saturated carbocycles. The van der Waals surface area contributed by atoms with Crippen LogP contribution in [0.15, 0.2) is 58.6 Å². The number of benzene rings is 2. The van der Waals surface area contributed by atoms with Gasteiger partial charge in [-0.1, -0.05) is 29.4 Å². The molecule has 34 heavy (non-hydrogen) atoms. The highest BCUT2D eigenvalue weighted by atomic mass is 16.5. The number of aliphatic imine (C=N–C) groups is 1. The first-order valence-electron chi connectivity index (χ1n) is 11.4. The van der Waals surface area contributed by atoms with Crippen LogP contribution in [0.5, 0.6) is 5.75 Å². The van der Waals surface area contributed by atoms with E-state index >= 15 is 0 Å². The molecule has 0 saturated heterocycles. The van der Waals surface area contributed by atoms with E-state index in [1.807, 2.05) is 24.3 Å². The summed E-state index contributed by atoms with van der Waals surface area (Å²) in [5.41, 5.74) is 15.4. The average molecular weight is 465 g/mol.